The number of hydrogen-bond acceptors (Lipinski definition) is 3. The molecule has 0 saturated heterocycles. The summed E-state index contributed by atoms with van der Waals surface area (Å²) in [5.74, 6) is 0.677. The number of carbonyl (C=O) groups excluding carboxylic acids is 1. The zero-order chi connectivity index (χ0) is 21.3. The molecule has 0 radical (unpaired) electrons. The van der Waals surface area contributed by atoms with E-state index in [4.69, 9.17) is 0 Å². The van der Waals surface area contributed by atoms with Gasteiger partial charge in [0, 0.05) is 28.1 Å². The third kappa shape index (κ3) is 6.26. The first kappa shape index (κ1) is 21.7. The van der Waals surface area contributed by atoms with Crippen molar-refractivity contribution in [3.63, 3.8) is 0 Å². The third-order valence-electron chi connectivity index (χ3n) is 4.84. The number of aliphatic imine (C=N–C) groups is 1. The number of amides is 1. The molecule has 1 heterocycles. The summed E-state index contributed by atoms with van der Waals surface area (Å²) >= 11 is 3.40. The van der Waals surface area contributed by atoms with E-state index in [0.717, 1.165) is 22.1 Å². The van der Waals surface area contributed by atoms with Crippen LogP contribution < -0.4 is 10.6 Å². The van der Waals surface area contributed by atoms with Crippen LogP contribution in [0.2, 0.25) is 0 Å². The molecule has 0 unspecified atom stereocenters. The van der Waals surface area contributed by atoms with Gasteiger partial charge in [0.15, 0.2) is 0 Å². The summed E-state index contributed by atoms with van der Waals surface area (Å²) in [6.07, 6.45) is 4.55. The fourth-order valence-electron chi connectivity index (χ4n) is 2.85. The van der Waals surface area contributed by atoms with Crippen molar-refractivity contribution in [2.24, 2.45) is 4.99 Å². The van der Waals surface area contributed by atoms with Crippen molar-refractivity contribution in [1.29, 1.82) is 0 Å². The maximum absolute atomic E-state index is 12.7. The Labute approximate surface area is 185 Å². The van der Waals surface area contributed by atoms with Crippen molar-refractivity contribution in [2.45, 2.75) is 32.7 Å². The van der Waals surface area contributed by atoms with E-state index in [2.05, 4.69) is 62.5 Å². The predicted molar refractivity (Wildman–Crippen MR) is 126 cm³/mol. The molecule has 0 spiro atoms. The number of nitrogens with one attached hydrogen (secondary N) is 2. The monoisotopic (exact) mass is 464 g/mol. The van der Waals surface area contributed by atoms with Crippen LogP contribution in [0.1, 0.15) is 47.7 Å². The van der Waals surface area contributed by atoms with Crippen LogP contribution in [0.25, 0.3) is 0 Å². The van der Waals surface area contributed by atoms with Gasteiger partial charge in [0.05, 0.1) is 6.54 Å². The quantitative estimate of drug-likeness (QED) is 0.360. The Bertz CT molecular complexity index is 1000. The first-order valence-electron chi connectivity index (χ1n) is 9.92. The highest BCUT2D eigenvalue weighted by Crippen LogP contribution is 2.20. The molecule has 0 fully saturated rings. The van der Waals surface area contributed by atoms with Crippen LogP contribution in [-0.4, -0.2) is 16.9 Å². The van der Waals surface area contributed by atoms with Crippen molar-refractivity contribution in [2.75, 3.05) is 5.32 Å². The lowest BCUT2D eigenvalue weighted by atomic mass is 9.99. The molecule has 0 bridgehead atoms. The molecule has 30 heavy (non-hydrogen) atoms. The Hall–Kier alpha value is -2.99. The molecule has 1 aromatic heterocycles. The van der Waals surface area contributed by atoms with Crippen LogP contribution in [0.15, 0.2) is 82.5 Å². The SMILES string of the molecule is CC[C@@H](C)c1ccc(NC(=NCc2ccncc2)NC(=O)c2cccc(Br)c2)cc1. The van der Waals surface area contributed by atoms with E-state index in [-0.39, 0.29) is 5.91 Å². The molecule has 0 saturated carbocycles. The molecule has 1 amide bonds. The van der Waals surface area contributed by atoms with Crippen LogP contribution in [0.5, 0.6) is 0 Å². The van der Waals surface area contributed by atoms with Gasteiger partial charge in [-0.1, -0.05) is 48.0 Å². The Morgan fingerprint density at radius 2 is 1.83 bits per heavy atom. The van der Waals surface area contributed by atoms with E-state index in [1.807, 2.05) is 36.4 Å². The van der Waals surface area contributed by atoms with Gasteiger partial charge in [-0.05, 0) is 65.9 Å². The number of benzene rings is 2. The molecule has 1 atom stereocenters. The number of hydrogen-bond donors (Lipinski definition) is 2. The zero-order valence-corrected chi connectivity index (χ0v) is 18.7. The molecule has 0 aliphatic carbocycles. The smallest absolute Gasteiger partial charge is 0.257 e. The first-order chi connectivity index (χ1) is 14.5. The number of rotatable bonds is 6. The Morgan fingerprint density at radius 3 is 2.50 bits per heavy atom. The van der Waals surface area contributed by atoms with E-state index in [1.54, 1.807) is 24.5 Å². The van der Waals surface area contributed by atoms with Crippen LogP contribution in [0.4, 0.5) is 5.69 Å². The summed E-state index contributed by atoms with van der Waals surface area (Å²) in [5, 5.41) is 6.13. The molecule has 3 rings (SSSR count). The molecular weight excluding hydrogens is 440 g/mol. The van der Waals surface area contributed by atoms with Gasteiger partial charge in [-0.15, -0.1) is 0 Å². The van der Waals surface area contributed by atoms with Gasteiger partial charge in [0.25, 0.3) is 5.91 Å². The first-order valence-corrected chi connectivity index (χ1v) is 10.7. The normalized spacial score (nSPS) is 12.3. The summed E-state index contributed by atoms with van der Waals surface area (Å²) in [7, 11) is 0. The summed E-state index contributed by atoms with van der Waals surface area (Å²) < 4.78 is 0.846. The number of pyridine rings is 1. The standard InChI is InChI=1S/C24H25BrN4O/c1-3-17(2)19-7-9-22(10-8-19)28-24(27-16-18-11-13-26-14-12-18)29-23(30)20-5-4-6-21(25)15-20/h4-15,17H,3,16H2,1-2H3,(H2,27,28,29,30)/t17-/m1/s1. The summed E-state index contributed by atoms with van der Waals surface area (Å²) in [6.45, 7) is 4.81. The second-order valence-electron chi connectivity index (χ2n) is 7.04. The van der Waals surface area contributed by atoms with Gasteiger partial charge < -0.3 is 5.32 Å². The highest BCUT2D eigenvalue weighted by atomic mass is 79.9. The van der Waals surface area contributed by atoms with Gasteiger partial charge in [-0.2, -0.15) is 0 Å². The summed E-state index contributed by atoms with van der Waals surface area (Å²) in [4.78, 5) is 21.3. The molecule has 0 aliphatic heterocycles. The molecule has 3 aromatic rings. The largest absolute Gasteiger partial charge is 0.326 e. The van der Waals surface area contributed by atoms with Gasteiger partial charge in [-0.25, -0.2) is 4.99 Å². The maximum atomic E-state index is 12.7. The average Bonchev–Trinajstić information content (AvgIpc) is 2.78. The number of aromatic nitrogens is 1. The lowest BCUT2D eigenvalue weighted by Crippen LogP contribution is -2.36. The Morgan fingerprint density at radius 1 is 1.10 bits per heavy atom. The van der Waals surface area contributed by atoms with Crippen molar-refractivity contribution in [3.05, 3.63) is 94.2 Å². The van der Waals surface area contributed by atoms with Gasteiger partial charge in [-0.3, -0.25) is 15.1 Å². The Balaban J connectivity index is 1.79. The van der Waals surface area contributed by atoms with Crippen molar-refractivity contribution in [1.82, 2.24) is 10.3 Å². The summed E-state index contributed by atoms with van der Waals surface area (Å²) in [6, 6.07) is 19.3. The molecule has 2 aromatic carbocycles. The van der Waals surface area contributed by atoms with E-state index < -0.39 is 0 Å². The van der Waals surface area contributed by atoms with Crippen molar-refractivity contribution >= 4 is 33.5 Å². The molecular formula is C24H25BrN4O. The second-order valence-corrected chi connectivity index (χ2v) is 7.96. The number of halogens is 1. The number of nitrogens with zero attached hydrogens (tertiary/aromatic N) is 2. The topological polar surface area (TPSA) is 66.4 Å². The molecule has 6 heteroatoms. The van der Waals surface area contributed by atoms with Crippen LogP contribution >= 0.6 is 15.9 Å². The van der Waals surface area contributed by atoms with E-state index in [9.17, 15) is 4.79 Å². The fourth-order valence-corrected chi connectivity index (χ4v) is 3.24. The van der Waals surface area contributed by atoms with Crippen LogP contribution in [0.3, 0.4) is 0 Å². The minimum absolute atomic E-state index is 0.228. The number of guanidine groups is 1. The molecule has 0 aliphatic rings. The average molecular weight is 465 g/mol. The van der Waals surface area contributed by atoms with E-state index >= 15 is 0 Å². The zero-order valence-electron chi connectivity index (χ0n) is 17.1. The summed E-state index contributed by atoms with van der Waals surface area (Å²) in [5.41, 5.74) is 3.71. The van der Waals surface area contributed by atoms with Crippen LogP contribution in [0, 0.1) is 0 Å². The highest BCUT2D eigenvalue weighted by Gasteiger charge is 2.10. The lowest BCUT2D eigenvalue weighted by molar-refractivity contribution is 0.0977. The third-order valence-corrected chi connectivity index (χ3v) is 5.34. The predicted octanol–water partition coefficient (Wildman–Crippen LogP) is 5.76. The maximum Gasteiger partial charge on any atom is 0.257 e. The number of carbonyl (C=O) groups is 1. The molecule has 5 nitrogen and oxygen atoms in total. The molecule has 2 N–H and O–H groups in total. The van der Waals surface area contributed by atoms with Crippen molar-refractivity contribution < 1.29 is 4.79 Å². The van der Waals surface area contributed by atoms with Crippen LogP contribution in [-0.2, 0) is 6.54 Å². The highest BCUT2D eigenvalue weighted by molar-refractivity contribution is 9.10. The lowest BCUT2D eigenvalue weighted by Gasteiger charge is -2.14. The van der Waals surface area contributed by atoms with Gasteiger partial charge in [0.1, 0.15) is 0 Å². The minimum atomic E-state index is -0.228. The van der Waals surface area contributed by atoms with Gasteiger partial charge >= 0.3 is 0 Å². The minimum Gasteiger partial charge on any atom is -0.326 e. The van der Waals surface area contributed by atoms with Crippen molar-refractivity contribution in [3.8, 4) is 0 Å². The number of anilines is 1. The Kier molecular flexibility index (Phi) is 7.74. The second kappa shape index (κ2) is 10.7. The fraction of sp³-hybridized carbons (Fsp3) is 0.208. The van der Waals surface area contributed by atoms with E-state index in [0.29, 0.717) is 24.0 Å². The van der Waals surface area contributed by atoms with Gasteiger partial charge in [0.2, 0.25) is 5.96 Å². The molecule has 154 valence electrons. The van der Waals surface area contributed by atoms with E-state index in [1.165, 1.54) is 5.56 Å².